The SMILES string of the molecule is CC(C)Oc1cccc(CN2CCC3(C[C@@H]2C)C(=O)N(Cc2ncnn2C)C(=O)N3c2cccc(F)c2)c1. The summed E-state index contributed by atoms with van der Waals surface area (Å²) >= 11 is 0. The molecule has 0 saturated carbocycles. The highest BCUT2D eigenvalue weighted by Gasteiger charge is 2.60. The number of hydrogen-bond donors (Lipinski definition) is 0. The molecule has 5 rings (SSSR count). The molecule has 0 N–H and O–H groups in total. The van der Waals surface area contributed by atoms with Crippen LogP contribution < -0.4 is 9.64 Å². The number of aromatic nitrogens is 3. The summed E-state index contributed by atoms with van der Waals surface area (Å²) in [6.45, 7) is 7.36. The van der Waals surface area contributed by atoms with E-state index in [-0.39, 0.29) is 24.6 Å². The molecule has 9 nitrogen and oxygen atoms in total. The maximum absolute atomic E-state index is 14.3. The molecule has 3 amide bonds. The summed E-state index contributed by atoms with van der Waals surface area (Å²) in [5.74, 6) is 0.580. The third-order valence-corrected chi connectivity index (χ3v) is 7.39. The number of carbonyl (C=O) groups is 2. The van der Waals surface area contributed by atoms with Gasteiger partial charge in [0.2, 0.25) is 0 Å². The van der Waals surface area contributed by atoms with Gasteiger partial charge in [0, 0.05) is 31.9 Å². The van der Waals surface area contributed by atoms with Crippen molar-refractivity contribution < 1.29 is 18.7 Å². The van der Waals surface area contributed by atoms with E-state index in [4.69, 9.17) is 4.74 Å². The largest absolute Gasteiger partial charge is 0.491 e. The van der Waals surface area contributed by atoms with Gasteiger partial charge in [-0.25, -0.2) is 14.2 Å². The van der Waals surface area contributed by atoms with Crippen molar-refractivity contribution >= 4 is 17.6 Å². The highest BCUT2D eigenvalue weighted by molar-refractivity contribution is 6.16. The molecule has 200 valence electrons. The first-order chi connectivity index (χ1) is 18.2. The fourth-order valence-corrected chi connectivity index (χ4v) is 5.58. The normalized spacial score (nSPS) is 22.2. The number of carbonyl (C=O) groups excluding carboxylic acids is 2. The summed E-state index contributed by atoms with van der Waals surface area (Å²) in [7, 11) is 1.72. The Morgan fingerprint density at radius 2 is 1.92 bits per heavy atom. The minimum atomic E-state index is -1.11. The second-order valence-electron chi connectivity index (χ2n) is 10.4. The van der Waals surface area contributed by atoms with E-state index >= 15 is 0 Å². The molecule has 2 aliphatic heterocycles. The number of likely N-dealkylation sites (tertiary alicyclic amines) is 1. The summed E-state index contributed by atoms with van der Waals surface area (Å²) in [6, 6.07) is 13.4. The molecular weight excluding hydrogens is 487 g/mol. The van der Waals surface area contributed by atoms with Gasteiger partial charge in [-0.1, -0.05) is 18.2 Å². The molecule has 2 aromatic carbocycles. The number of benzene rings is 2. The fraction of sp³-hybridized carbons (Fsp3) is 0.429. The van der Waals surface area contributed by atoms with Crippen molar-refractivity contribution in [3.8, 4) is 5.75 Å². The van der Waals surface area contributed by atoms with Crippen molar-refractivity contribution in [3.63, 3.8) is 0 Å². The number of hydrogen-bond acceptors (Lipinski definition) is 6. The minimum absolute atomic E-state index is 0.00245. The van der Waals surface area contributed by atoms with Crippen LogP contribution in [0.5, 0.6) is 5.75 Å². The second-order valence-corrected chi connectivity index (χ2v) is 10.4. The van der Waals surface area contributed by atoms with E-state index < -0.39 is 17.4 Å². The molecule has 1 aromatic heterocycles. The smallest absolute Gasteiger partial charge is 0.332 e. The minimum Gasteiger partial charge on any atom is -0.491 e. The second kappa shape index (κ2) is 10.2. The van der Waals surface area contributed by atoms with Crippen molar-refractivity contribution in [2.75, 3.05) is 11.4 Å². The van der Waals surface area contributed by atoms with Crippen LogP contribution in [0.3, 0.4) is 0 Å². The summed E-state index contributed by atoms with van der Waals surface area (Å²) in [4.78, 5) is 37.0. The highest BCUT2D eigenvalue weighted by atomic mass is 19.1. The lowest BCUT2D eigenvalue weighted by molar-refractivity contribution is -0.133. The maximum atomic E-state index is 14.3. The van der Waals surface area contributed by atoms with Crippen LogP contribution in [0.2, 0.25) is 0 Å². The molecular formula is C28H33FN6O3. The molecule has 1 unspecified atom stereocenters. The molecule has 2 atom stereocenters. The van der Waals surface area contributed by atoms with Gasteiger partial charge >= 0.3 is 6.03 Å². The molecule has 0 aliphatic carbocycles. The number of halogens is 1. The van der Waals surface area contributed by atoms with Crippen LogP contribution in [0.15, 0.2) is 54.9 Å². The average Bonchev–Trinajstić information content (AvgIpc) is 3.35. The molecule has 3 aromatic rings. The first-order valence-corrected chi connectivity index (χ1v) is 12.9. The third-order valence-electron chi connectivity index (χ3n) is 7.39. The predicted octanol–water partition coefficient (Wildman–Crippen LogP) is 4.13. The van der Waals surface area contributed by atoms with Gasteiger partial charge in [-0.3, -0.25) is 24.2 Å². The van der Waals surface area contributed by atoms with Gasteiger partial charge in [0.05, 0.1) is 12.6 Å². The molecule has 2 aliphatic rings. The lowest BCUT2D eigenvalue weighted by Gasteiger charge is -2.45. The Balaban J connectivity index is 1.43. The molecule has 3 heterocycles. The fourth-order valence-electron chi connectivity index (χ4n) is 5.58. The summed E-state index contributed by atoms with van der Waals surface area (Å²) < 4.78 is 21.7. The van der Waals surface area contributed by atoms with Crippen molar-refractivity contribution in [3.05, 3.63) is 72.1 Å². The van der Waals surface area contributed by atoms with Gasteiger partial charge < -0.3 is 4.74 Å². The molecule has 0 radical (unpaired) electrons. The van der Waals surface area contributed by atoms with Crippen LogP contribution in [0.25, 0.3) is 0 Å². The number of anilines is 1. The van der Waals surface area contributed by atoms with E-state index in [9.17, 15) is 14.0 Å². The van der Waals surface area contributed by atoms with Gasteiger partial charge in [-0.15, -0.1) is 0 Å². The Bertz CT molecular complexity index is 1340. The first kappa shape index (κ1) is 25.8. The molecule has 2 saturated heterocycles. The van der Waals surface area contributed by atoms with Gasteiger partial charge in [0.15, 0.2) is 0 Å². The van der Waals surface area contributed by atoms with E-state index in [0.29, 0.717) is 37.4 Å². The van der Waals surface area contributed by atoms with Crippen LogP contribution >= 0.6 is 0 Å². The topological polar surface area (TPSA) is 83.8 Å². The zero-order valence-corrected chi connectivity index (χ0v) is 22.2. The standard InChI is InChI=1S/C28H33FN6O3/c1-19(2)38-24-10-5-7-21(13-24)16-33-12-11-28(15-20(33)3)26(36)34(17-25-30-18-31-32(25)4)27(37)35(28)23-9-6-8-22(29)14-23/h5-10,13-14,18-20H,11-12,15-17H2,1-4H3/t20-,28?/m0/s1. The lowest BCUT2D eigenvalue weighted by atomic mass is 9.81. The molecule has 1 spiro atoms. The Morgan fingerprint density at radius 3 is 2.61 bits per heavy atom. The average molecular weight is 521 g/mol. The number of piperidine rings is 1. The predicted molar refractivity (Wildman–Crippen MR) is 140 cm³/mol. The molecule has 10 heteroatoms. The zero-order chi connectivity index (χ0) is 27.0. The number of rotatable bonds is 7. The number of urea groups is 1. The number of aryl methyl sites for hydroxylation is 1. The Morgan fingerprint density at radius 1 is 1.13 bits per heavy atom. The third kappa shape index (κ3) is 4.76. The van der Waals surface area contributed by atoms with Crippen molar-refractivity contribution in [2.24, 2.45) is 7.05 Å². The van der Waals surface area contributed by atoms with E-state index in [0.717, 1.165) is 11.3 Å². The summed E-state index contributed by atoms with van der Waals surface area (Å²) in [5, 5.41) is 4.06. The van der Waals surface area contributed by atoms with Crippen molar-refractivity contribution in [1.29, 1.82) is 0 Å². The van der Waals surface area contributed by atoms with E-state index in [2.05, 4.69) is 28.0 Å². The number of ether oxygens (including phenoxy) is 1. The van der Waals surface area contributed by atoms with Gasteiger partial charge in [-0.05, 0) is 69.5 Å². The van der Waals surface area contributed by atoms with Gasteiger partial charge in [0.25, 0.3) is 5.91 Å². The van der Waals surface area contributed by atoms with Crippen LogP contribution in [0.1, 0.15) is 45.0 Å². The summed E-state index contributed by atoms with van der Waals surface area (Å²) in [5.41, 5.74) is 0.385. The molecule has 0 bridgehead atoms. The van der Waals surface area contributed by atoms with Crippen LogP contribution in [0.4, 0.5) is 14.9 Å². The number of amides is 3. The van der Waals surface area contributed by atoms with Gasteiger partial charge in [-0.2, -0.15) is 5.10 Å². The van der Waals surface area contributed by atoms with Crippen LogP contribution in [-0.4, -0.2) is 60.7 Å². The number of imide groups is 1. The van der Waals surface area contributed by atoms with E-state index in [1.807, 2.05) is 32.0 Å². The maximum Gasteiger partial charge on any atom is 0.332 e. The monoisotopic (exact) mass is 520 g/mol. The summed E-state index contributed by atoms with van der Waals surface area (Å²) in [6.07, 6.45) is 2.33. The van der Waals surface area contributed by atoms with E-state index in [1.54, 1.807) is 23.9 Å². The molecule has 2 fully saturated rings. The zero-order valence-electron chi connectivity index (χ0n) is 22.2. The number of nitrogens with zero attached hydrogens (tertiary/aromatic N) is 6. The van der Waals surface area contributed by atoms with Crippen molar-refractivity contribution in [2.45, 2.75) is 64.4 Å². The lowest BCUT2D eigenvalue weighted by Crippen LogP contribution is -2.59. The Labute approximate surface area is 221 Å². The van der Waals surface area contributed by atoms with Crippen LogP contribution in [0, 0.1) is 5.82 Å². The first-order valence-electron chi connectivity index (χ1n) is 12.9. The van der Waals surface area contributed by atoms with Gasteiger partial charge in [0.1, 0.15) is 29.3 Å². The molecule has 38 heavy (non-hydrogen) atoms. The highest BCUT2D eigenvalue weighted by Crippen LogP contribution is 2.43. The van der Waals surface area contributed by atoms with Crippen molar-refractivity contribution in [1.82, 2.24) is 24.6 Å². The quantitative estimate of drug-likeness (QED) is 0.436. The Kier molecular flexibility index (Phi) is 6.92. The van der Waals surface area contributed by atoms with E-state index in [1.165, 1.54) is 28.3 Å². The van der Waals surface area contributed by atoms with Crippen LogP contribution in [-0.2, 0) is 24.9 Å². The Hall–Kier alpha value is -3.79.